The van der Waals surface area contributed by atoms with Crippen molar-refractivity contribution in [2.24, 2.45) is 0 Å². The lowest BCUT2D eigenvalue weighted by Gasteiger charge is -2.30. The minimum atomic E-state index is -3.69. The summed E-state index contributed by atoms with van der Waals surface area (Å²) in [5.74, 6) is 0.225. The SMILES string of the molecule is CC1=C(C(=O)NCCS(=O)(=O)c2c(C)noc2C)C(c2ccc(Cl)c(Cl)c2)n2nc(C)cc2N1. The quantitative estimate of drug-likeness (QED) is 0.501. The number of nitrogens with zero attached hydrogens (tertiary/aromatic N) is 3. The van der Waals surface area contributed by atoms with Crippen LogP contribution in [0.25, 0.3) is 0 Å². The van der Waals surface area contributed by atoms with Crippen molar-refractivity contribution in [1.82, 2.24) is 20.3 Å². The van der Waals surface area contributed by atoms with Crippen LogP contribution in [0.5, 0.6) is 0 Å². The molecule has 34 heavy (non-hydrogen) atoms. The smallest absolute Gasteiger partial charge is 0.251 e. The van der Waals surface area contributed by atoms with Crippen LogP contribution in [-0.4, -0.2) is 41.6 Å². The maximum atomic E-state index is 13.3. The Labute approximate surface area is 207 Å². The Hall–Kier alpha value is -2.82. The number of aromatic nitrogens is 3. The third kappa shape index (κ3) is 4.45. The number of carbonyl (C=O) groups is 1. The summed E-state index contributed by atoms with van der Waals surface area (Å²) in [6.07, 6.45) is 0. The summed E-state index contributed by atoms with van der Waals surface area (Å²) in [7, 11) is -3.69. The molecule has 0 bridgehead atoms. The Balaban J connectivity index is 1.62. The van der Waals surface area contributed by atoms with Gasteiger partial charge in [-0.15, -0.1) is 0 Å². The van der Waals surface area contributed by atoms with E-state index in [1.165, 1.54) is 0 Å². The van der Waals surface area contributed by atoms with E-state index in [9.17, 15) is 13.2 Å². The topological polar surface area (TPSA) is 119 Å². The van der Waals surface area contributed by atoms with Gasteiger partial charge in [-0.2, -0.15) is 5.10 Å². The molecule has 1 unspecified atom stereocenters. The van der Waals surface area contributed by atoms with Crippen LogP contribution >= 0.6 is 23.2 Å². The number of allylic oxidation sites excluding steroid dienone is 1. The molecule has 1 aromatic carbocycles. The molecule has 0 fully saturated rings. The first-order chi connectivity index (χ1) is 16.0. The number of hydrogen-bond donors (Lipinski definition) is 2. The Morgan fingerprint density at radius 2 is 1.91 bits per heavy atom. The number of aryl methyl sites for hydroxylation is 3. The van der Waals surface area contributed by atoms with Crippen LogP contribution in [0.4, 0.5) is 5.82 Å². The van der Waals surface area contributed by atoms with Gasteiger partial charge in [0.1, 0.15) is 16.8 Å². The van der Waals surface area contributed by atoms with Crippen molar-refractivity contribution in [3.8, 4) is 0 Å². The highest BCUT2D eigenvalue weighted by molar-refractivity contribution is 7.91. The molecule has 12 heteroatoms. The normalized spacial score (nSPS) is 15.8. The zero-order chi connectivity index (χ0) is 24.8. The van der Waals surface area contributed by atoms with E-state index in [0.717, 1.165) is 11.5 Å². The minimum absolute atomic E-state index is 0.0572. The highest BCUT2D eigenvalue weighted by Crippen LogP contribution is 2.38. The van der Waals surface area contributed by atoms with Crippen LogP contribution in [0, 0.1) is 20.8 Å². The second kappa shape index (κ2) is 9.09. The predicted molar refractivity (Wildman–Crippen MR) is 129 cm³/mol. The van der Waals surface area contributed by atoms with Crippen molar-refractivity contribution in [3.63, 3.8) is 0 Å². The summed E-state index contributed by atoms with van der Waals surface area (Å²) in [6.45, 7) is 6.65. The zero-order valence-corrected chi connectivity index (χ0v) is 21.3. The number of carbonyl (C=O) groups excluding carboxylic acids is 1. The van der Waals surface area contributed by atoms with Crippen molar-refractivity contribution in [3.05, 3.63) is 68.3 Å². The monoisotopic (exact) mass is 523 g/mol. The Morgan fingerprint density at radius 3 is 2.56 bits per heavy atom. The zero-order valence-electron chi connectivity index (χ0n) is 18.9. The predicted octanol–water partition coefficient (Wildman–Crippen LogP) is 3.98. The van der Waals surface area contributed by atoms with Crippen LogP contribution < -0.4 is 10.6 Å². The van der Waals surface area contributed by atoms with Gasteiger partial charge in [-0.1, -0.05) is 34.4 Å². The number of benzene rings is 1. The molecule has 2 aromatic heterocycles. The molecule has 4 rings (SSSR count). The molecule has 1 amide bonds. The molecule has 180 valence electrons. The molecule has 0 saturated carbocycles. The van der Waals surface area contributed by atoms with Crippen molar-refractivity contribution in [1.29, 1.82) is 0 Å². The van der Waals surface area contributed by atoms with E-state index in [0.29, 0.717) is 32.6 Å². The molecule has 1 aliphatic rings. The third-order valence-electron chi connectivity index (χ3n) is 5.53. The van der Waals surface area contributed by atoms with Crippen molar-refractivity contribution < 1.29 is 17.7 Å². The van der Waals surface area contributed by atoms with Crippen LogP contribution in [0.3, 0.4) is 0 Å². The first-order valence-corrected chi connectivity index (χ1v) is 12.8. The van der Waals surface area contributed by atoms with Gasteiger partial charge in [-0.3, -0.25) is 4.79 Å². The third-order valence-corrected chi connectivity index (χ3v) is 8.22. The van der Waals surface area contributed by atoms with E-state index in [2.05, 4.69) is 20.9 Å². The number of fused-ring (bicyclic) bond motifs is 1. The summed E-state index contributed by atoms with van der Waals surface area (Å²) in [6, 6.07) is 6.44. The molecule has 1 aliphatic heterocycles. The average Bonchev–Trinajstić information content (AvgIpc) is 3.29. The number of amides is 1. The molecule has 0 radical (unpaired) electrons. The summed E-state index contributed by atoms with van der Waals surface area (Å²) in [5.41, 5.74) is 2.79. The van der Waals surface area contributed by atoms with E-state index in [1.54, 1.807) is 43.7 Å². The van der Waals surface area contributed by atoms with Gasteiger partial charge >= 0.3 is 0 Å². The van der Waals surface area contributed by atoms with Crippen molar-refractivity contribution in [2.75, 3.05) is 17.6 Å². The Morgan fingerprint density at radius 1 is 1.18 bits per heavy atom. The maximum absolute atomic E-state index is 13.3. The lowest BCUT2D eigenvalue weighted by Crippen LogP contribution is -2.37. The first kappa shape index (κ1) is 24.3. The van der Waals surface area contributed by atoms with Crippen molar-refractivity contribution >= 4 is 44.8 Å². The van der Waals surface area contributed by atoms with Gasteiger partial charge in [-0.25, -0.2) is 13.1 Å². The standard InChI is InChI=1S/C22H23Cl2N5O4S/c1-11-9-18-26-12(2)19(20(29(18)27-11)15-5-6-16(23)17(24)10-15)22(30)25-7-8-34(31,32)21-13(3)28-33-14(21)4/h5-6,9-10,20,26H,7-8H2,1-4H3,(H,25,30). The molecule has 3 heterocycles. The van der Waals surface area contributed by atoms with E-state index in [1.807, 2.05) is 13.0 Å². The molecule has 0 spiro atoms. The van der Waals surface area contributed by atoms with E-state index < -0.39 is 21.8 Å². The fourth-order valence-electron chi connectivity index (χ4n) is 4.09. The van der Waals surface area contributed by atoms with E-state index >= 15 is 0 Å². The molecule has 3 aromatic rings. The second-order valence-corrected chi connectivity index (χ2v) is 10.9. The van der Waals surface area contributed by atoms with Gasteiger partial charge in [0, 0.05) is 18.3 Å². The lowest BCUT2D eigenvalue weighted by atomic mass is 9.95. The van der Waals surface area contributed by atoms with Gasteiger partial charge in [0.2, 0.25) is 0 Å². The average molecular weight is 524 g/mol. The largest absolute Gasteiger partial charge is 0.360 e. The van der Waals surface area contributed by atoms with Crippen LogP contribution in [0.1, 0.15) is 35.7 Å². The van der Waals surface area contributed by atoms with Gasteiger partial charge in [0.05, 0.1) is 32.8 Å². The van der Waals surface area contributed by atoms with Gasteiger partial charge < -0.3 is 15.2 Å². The van der Waals surface area contributed by atoms with Gasteiger partial charge in [-0.05, 0) is 45.4 Å². The maximum Gasteiger partial charge on any atom is 0.251 e. The fourth-order valence-corrected chi connectivity index (χ4v) is 5.94. The summed E-state index contributed by atoms with van der Waals surface area (Å²) in [5, 5.41) is 14.9. The summed E-state index contributed by atoms with van der Waals surface area (Å²) >= 11 is 12.4. The molecule has 9 nitrogen and oxygen atoms in total. The lowest BCUT2D eigenvalue weighted by molar-refractivity contribution is -0.117. The summed E-state index contributed by atoms with van der Waals surface area (Å²) in [4.78, 5) is 13.4. The number of sulfone groups is 1. The Bertz CT molecular complexity index is 1410. The molecular formula is C22H23Cl2N5O4S. The van der Waals surface area contributed by atoms with Crippen LogP contribution in [-0.2, 0) is 14.6 Å². The highest BCUT2D eigenvalue weighted by Gasteiger charge is 2.33. The number of hydrogen-bond acceptors (Lipinski definition) is 7. The van der Waals surface area contributed by atoms with Crippen molar-refractivity contribution in [2.45, 2.75) is 38.6 Å². The molecule has 1 atom stereocenters. The number of nitrogens with one attached hydrogen (secondary N) is 2. The van der Waals surface area contributed by atoms with Gasteiger partial charge in [0.15, 0.2) is 15.6 Å². The minimum Gasteiger partial charge on any atom is -0.360 e. The first-order valence-electron chi connectivity index (χ1n) is 10.4. The molecule has 0 saturated heterocycles. The molecule has 0 aliphatic carbocycles. The number of halogens is 2. The Kier molecular flexibility index (Phi) is 6.50. The highest BCUT2D eigenvalue weighted by atomic mass is 35.5. The number of anilines is 1. The molecular weight excluding hydrogens is 501 g/mol. The number of rotatable bonds is 6. The van der Waals surface area contributed by atoms with Crippen LogP contribution in [0.2, 0.25) is 10.0 Å². The summed E-state index contributed by atoms with van der Waals surface area (Å²) < 4.78 is 32.2. The van der Waals surface area contributed by atoms with Crippen LogP contribution in [0.15, 0.2) is 45.0 Å². The van der Waals surface area contributed by atoms with Gasteiger partial charge in [0.25, 0.3) is 5.91 Å². The molecule has 2 N–H and O–H groups in total. The van der Waals surface area contributed by atoms with E-state index in [4.69, 9.17) is 27.7 Å². The fraction of sp³-hybridized carbons (Fsp3) is 0.318. The second-order valence-electron chi connectivity index (χ2n) is 8.08. The van der Waals surface area contributed by atoms with E-state index in [-0.39, 0.29) is 23.0 Å².